The van der Waals surface area contributed by atoms with Crippen LogP contribution in [0.3, 0.4) is 0 Å². The monoisotopic (exact) mass is 340 g/mol. The van der Waals surface area contributed by atoms with E-state index in [9.17, 15) is 4.79 Å². The predicted octanol–water partition coefficient (Wildman–Crippen LogP) is 4.49. The van der Waals surface area contributed by atoms with Crippen molar-refractivity contribution in [1.82, 2.24) is 14.5 Å². The summed E-state index contributed by atoms with van der Waals surface area (Å²) >= 11 is 0. The predicted molar refractivity (Wildman–Crippen MR) is 101 cm³/mol. The summed E-state index contributed by atoms with van der Waals surface area (Å²) in [6.07, 6.45) is 5.86. The van der Waals surface area contributed by atoms with Crippen LogP contribution in [0.1, 0.15) is 55.6 Å². The maximum absolute atomic E-state index is 12.6. The minimum atomic E-state index is -0.000601. The smallest absolute Gasteiger partial charge is 0.321 e. The summed E-state index contributed by atoms with van der Waals surface area (Å²) in [6.45, 7) is 10.0. The van der Waals surface area contributed by atoms with E-state index in [1.807, 2.05) is 30.2 Å². The number of piperidine rings is 1. The number of urea groups is 1. The van der Waals surface area contributed by atoms with Gasteiger partial charge in [-0.3, -0.25) is 0 Å². The van der Waals surface area contributed by atoms with E-state index in [0.717, 1.165) is 43.0 Å². The van der Waals surface area contributed by atoms with Gasteiger partial charge in [0.25, 0.3) is 0 Å². The summed E-state index contributed by atoms with van der Waals surface area (Å²) in [6, 6.07) is 6.43. The maximum atomic E-state index is 12.6. The summed E-state index contributed by atoms with van der Waals surface area (Å²) in [5.41, 5.74) is 3.23. The largest absolute Gasteiger partial charge is 0.332 e. The highest BCUT2D eigenvalue weighted by molar-refractivity contribution is 5.90. The molecule has 5 heteroatoms. The second-order valence-corrected chi connectivity index (χ2v) is 7.23. The van der Waals surface area contributed by atoms with Gasteiger partial charge in [0, 0.05) is 43.1 Å². The quantitative estimate of drug-likeness (QED) is 0.895. The van der Waals surface area contributed by atoms with Crippen LogP contribution in [0.2, 0.25) is 0 Å². The highest BCUT2D eigenvalue weighted by Gasteiger charge is 2.27. The molecule has 2 aromatic rings. The van der Waals surface area contributed by atoms with Crippen molar-refractivity contribution in [3.63, 3.8) is 0 Å². The van der Waals surface area contributed by atoms with Crippen molar-refractivity contribution in [3.05, 3.63) is 47.5 Å². The molecule has 1 aliphatic rings. The van der Waals surface area contributed by atoms with Crippen LogP contribution in [0.15, 0.2) is 30.6 Å². The van der Waals surface area contributed by atoms with Crippen LogP contribution in [0.25, 0.3) is 0 Å². The van der Waals surface area contributed by atoms with Crippen molar-refractivity contribution in [2.75, 3.05) is 18.4 Å². The van der Waals surface area contributed by atoms with Gasteiger partial charge in [-0.15, -0.1) is 0 Å². The molecule has 0 aliphatic carbocycles. The van der Waals surface area contributed by atoms with Gasteiger partial charge in [0.05, 0.1) is 0 Å². The van der Waals surface area contributed by atoms with Gasteiger partial charge in [0.1, 0.15) is 5.82 Å². The topological polar surface area (TPSA) is 50.2 Å². The fourth-order valence-electron chi connectivity index (χ4n) is 3.50. The van der Waals surface area contributed by atoms with Gasteiger partial charge < -0.3 is 14.8 Å². The number of anilines is 1. The van der Waals surface area contributed by atoms with E-state index in [0.29, 0.717) is 12.0 Å². The SMILES string of the molecule is Cc1cccc(NC(=O)N2CCC(c3nccn3C(C)C)CC2)c1C. The van der Waals surface area contributed by atoms with Gasteiger partial charge in [0.2, 0.25) is 0 Å². The van der Waals surface area contributed by atoms with Gasteiger partial charge in [-0.1, -0.05) is 12.1 Å². The zero-order chi connectivity index (χ0) is 18.0. The number of likely N-dealkylation sites (tertiary alicyclic amines) is 1. The summed E-state index contributed by atoms with van der Waals surface area (Å²) < 4.78 is 2.25. The molecule has 2 heterocycles. The highest BCUT2D eigenvalue weighted by Crippen LogP contribution is 2.29. The molecule has 1 aromatic carbocycles. The van der Waals surface area contributed by atoms with Crippen LogP contribution in [-0.2, 0) is 0 Å². The number of imidazole rings is 1. The van der Waals surface area contributed by atoms with Crippen LogP contribution in [0.4, 0.5) is 10.5 Å². The third kappa shape index (κ3) is 3.70. The molecule has 0 bridgehead atoms. The second-order valence-electron chi connectivity index (χ2n) is 7.23. The molecule has 3 rings (SSSR count). The molecule has 0 unspecified atom stereocenters. The van der Waals surface area contributed by atoms with E-state index in [2.05, 4.69) is 47.9 Å². The number of hydrogen-bond donors (Lipinski definition) is 1. The Kier molecular flexibility index (Phi) is 5.11. The lowest BCUT2D eigenvalue weighted by Crippen LogP contribution is -2.41. The summed E-state index contributed by atoms with van der Waals surface area (Å²) in [5.74, 6) is 1.59. The zero-order valence-electron chi connectivity index (χ0n) is 15.6. The number of rotatable bonds is 3. The standard InChI is InChI=1S/C20H28N4O/c1-14(2)24-13-10-21-19(24)17-8-11-23(12-9-17)20(25)22-18-7-5-6-15(3)16(18)4/h5-7,10,13-14,17H,8-9,11-12H2,1-4H3,(H,22,25). The lowest BCUT2D eigenvalue weighted by Gasteiger charge is -2.32. The molecule has 0 spiro atoms. The first-order valence-electron chi connectivity index (χ1n) is 9.12. The van der Waals surface area contributed by atoms with Gasteiger partial charge in [-0.2, -0.15) is 0 Å². The number of benzene rings is 1. The van der Waals surface area contributed by atoms with Crippen LogP contribution in [0.5, 0.6) is 0 Å². The number of hydrogen-bond acceptors (Lipinski definition) is 2. The molecule has 5 nitrogen and oxygen atoms in total. The number of nitrogens with zero attached hydrogens (tertiary/aromatic N) is 3. The molecule has 134 valence electrons. The van der Waals surface area contributed by atoms with Crippen molar-refractivity contribution < 1.29 is 4.79 Å². The van der Waals surface area contributed by atoms with Gasteiger partial charge in [0.15, 0.2) is 0 Å². The van der Waals surface area contributed by atoms with Crippen molar-refractivity contribution in [2.45, 2.75) is 52.5 Å². The summed E-state index contributed by atoms with van der Waals surface area (Å²) in [7, 11) is 0. The van der Waals surface area contributed by atoms with Crippen LogP contribution >= 0.6 is 0 Å². The van der Waals surface area contributed by atoms with Crippen molar-refractivity contribution in [3.8, 4) is 0 Å². The summed E-state index contributed by atoms with van der Waals surface area (Å²) in [4.78, 5) is 19.1. The number of carbonyl (C=O) groups is 1. The molecule has 1 fully saturated rings. The Morgan fingerprint density at radius 3 is 2.64 bits per heavy atom. The Labute approximate surface area is 150 Å². The second kappa shape index (κ2) is 7.30. The highest BCUT2D eigenvalue weighted by atomic mass is 16.2. The number of aryl methyl sites for hydroxylation is 1. The fourth-order valence-corrected chi connectivity index (χ4v) is 3.50. The van der Waals surface area contributed by atoms with E-state index < -0.39 is 0 Å². The van der Waals surface area contributed by atoms with Crippen LogP contribution < -0.4 is 5.32 Å². The molecule has 1 saturated heterocycles. The van der Waals surface area contributed by atoms with Crippen molar-refractivity contribution >= 4 is 11.7 Å². The van der Waals surface area contributed by atoms with E-state index in [1.54, 1.807) is 0 Å². The third-order valence-corrected chi connectivity index (χ3v) is 5.25. The average Bonchev–Trinajstić information content (AvgIpc) is 3.09. The van der Waals surface area contributed by atoms with Gasteiger partial charge in [-0.25, -0.2) is 9.78 Å². The molecule has 25 heavy (non-hydrogen) atoms. The normalized spacial score (nSPS) is 15.6. The van der Waals surface area contributed by atoms with Crippen molar-refractivity contribution in [2.24, 2.45) is 0 Å². The van der Waals surface area contributed by atoms with Gasteiger partial charge >= 0.3 is 6.03 Å². The average molecular weight is 340 g/mol. The Morgan fingerprint density at radius 1 is 1.24 bits per heavy atom. The first-order chi connectivity index (χ1) is 12.0. The van der Waals surface area contributed by atoms with Gasteiger partial charge in [-0.05, 0) is 57.7 Å². The molecule has 0 radical (unpaired) electrons. The Bertz CT molecular complexity index is 742. The number of carbonyl (C=O) groups excluding carboxylic acids is 1. The number of amides is 2. The molecule has 1 N–H and O–H groups in total. The van der Waals surface area contributed by atoms with E-state index >= 15 is 0 Å². The van der Waals surface area contributed by atoms with E-state index in [4.69, 9.17) is 0 Å². The van der Waals surface area contributed by atoms with Crippen LogP contribution in [-0.4, -0.2) is 33.6 Å². The Morgan fingerprint density at radius 2 is 1.96 bits per heavy atom. The van der Waals surface area contributed by atoms with Crippen LogP contribution in [0, 0.1) is 13.8 Å². The fraction of sp³-hybridized carbons (Fsp3) is 0.500. The molecular formula is C20H28N4O. The minimum Gasteiger partial charge on any atom is -0.332 e. The lowest BCUT2D eigenvalue weighted by molar-refractivity contribution is 0.192. The molecule has 1 aromatic heterocycles. The Hall–Kier alpha value is -2.30. The molecule has 1 aliphatic heterocycles. The number of nitrogens with one attached hydrogen (secondary N) is 1. The third-order valence-electron chi connectivity index (χ3n) is 5.25. The Balaban J connectivity index is 1.61. The first kappa shape index (κ1) is 17.5. The first-order valence-corrected chi connectivity index (χ1v) is 9.12. The molecule has 0 atom stereocenters. The van der Waals surface area contributed by atoms with Crippen molar-refractivity contribution in [1.29, 1.82) is 0 Å². The number of aromatic nitrogens is 2. The van der Waals surface area contributed by atoms with E-state index in [1.165, 1.54) is 5.56 Å². The summed E-state index contributed by atoms with van der Waals surface area (Å²) in [5, 5.41) is 3.07. The zero-order valence-corrected chi connectivity index (χ0v) is 15.6. The lowest BCUT2D eigenvalue weighted by atomic mass is 9.96. The minimum absolute atomic E-state index is 0.000601. The molecular weight excluding hydrogens is 312 g/mol. The molecule has 2 amide bonds. The molecule has 0 saturated carbocycles. The van der Waals surface area contributed by atoms with E-state index in [-0.39, 0.29) is 6.03 Å². The maximum Gasteiger partial charge on any atom is 0.321 e.